The normalized spacial score (nSPS) is 17.6. The van der Waals surface area contributed by atoms with Crippen LogP contribution in [0.2, 0.25) is 0 Å². The molecule has 1 aliphatic rings. The summed E-state index contributed by atoms with van der Waals surface area (Å²) >= 11 is 0. The number of morpholine rings is 1. The van der Waals surface area contributed by atoms with Crippen LogP contribution < -0.4 is 5.32 Å². The van der Waals surface area contributed by atoms with Crippen molar-refractivity contribution in [3.8, 4) is 0 Å². The molecule has 1 aliphatic heterocycles. The van der Waals surface area contributed by atoms with E-state index in [0.717, 1.165) is 30.8 Å². The van der Waals surface area contributed by atoms with Gasteiger partial charge in [-0.05, 0) is 17.0 Å². The summed E-state index contributed by atoms with van der Waals surface area (Å²) in [7, 11) is 0. The van der Waals surface area contributed by atoms with Gasteiger partial charge in [-0.15, -0.1) is 0 Å². The number of nitrogens with zero attached hydrogens (tertiary/aromatic N) is 1. The number of ether oxygens (including phenoxy) is 2. The van der Waals surface area contributed by atoms with Gasteiger partial charge >= 0.3 is 0 Å². The van der Waals surface area contributed by atoms with Crippen LogP contribution in [0.25, 0.3) is 0 Å². The first-order valence-electron chi connectivity index (χ1n) is 10.4. The fourth-order valence-electron chi connectivity index (χ4n) is 3.66. The molecule has 1 amide bonds. The number of hydrogen-bond acceptors (Lipinski definition) is 4. The maximum absolute atomic E-state index is 12.4. The predicted molar refractivity (Wildman–Crippen MR) is 115 cm³/mol. The van der Waals surface area contributed by atoms with Crippen LogP contribution in [0.1, 0.15) is 31.1 Å². The lowest BCUT2D eigenvalue weighted by molar-refractivity contribution is -0.128. The van der Waals surface area contributed by atoms with Crippen LogP contribution in [0.4, 0.5) is 0 Å². The summed E-state index contributed by atoms with van der Waals surface area (Å²) in [6, 6.07) is 20.0. The summed E-state index contributed by atoms with van der Waals surface area (Å²) in [4.78, 5) is 14.8. The minimum absolute atomic E-state index is 0.0108. The van der Waals surface area contributed by atoms with Gasteiger partial charge in [0.05, 0.1) is 12.7 Å². The third-order valence-corrected chi connectivity index (χ3v) is 4.96. The van der Waals surface area contributed by atoms with E-state index in [2.05, 4.69) is 24.1 Å². The van der Waals surface area contributed by atoms with Gasteiger partial charge in [0.15, 0.2) is 0 Å². The molecule has 0 bridgehead atoms. The molecule has 29 heavy (non-hydrogen) atoms. The topological polar surface area (TPSA) is 50.8 Å². The molecule has 1 heterocycles. The average molecular weight is 397 g/mol. The van der Waals surface area contributed by atoms with Gasteiger partial charge in [0.1, 0.15) is 12.7 Å². The Morgan fingerprint density at radius 2 is 1.72 bits per heavy atom. The summed E-state index contributed by atoms with van der Waals surface area (Å²) < 4.78 is 11.8. The SMILES string of the molecule is CC(C)CN1CCOC(CNC(=O)COC(c2ccccc2)c2ccccc2)C1. The number of amides is 1. The molecule has 0 saturated carbocycles. The summed E-state index contributed by atoms with van der Waals surface area (Å²) in [6.45, 7) is 8.56. The third kappa shape index (κ3) is 6.96. The number of benzene rings is 2. The molecule has 1 fully saturated rings. The molecular weight excluding hydrogens is 364 g/mol. The molecule has 1 saturated heterocycles. The zero-order valence-electron chi connectivity index (χ0n) is 17.4. The van der Waals surface area contributed by atoms with Crippen molar-refractivity contribution in [1.29, 1.82) is 0 Å². The van der Waals surface area contributed by atoms with Crippen LogP contribution in [-0.2, 0) is 14.3 Å². The Bertz CT molecular complexity index is 697. The Hall–Kier alpha value is -2.21. The highest BCUT2D eigenvalue weighted by Gasteiger charge is 2.22. The number of carbonyl (C=O) groups is 1. The first kappa shape index (κ1) is 21.5. The minimum Gasteiger partial charge on any atom is -0.374 e. The zero-order chi connectivity index (χ0) is 20.5. The molecule has 3 rings (SSSR count). The smallest absolute Gasteiger partial charge is 0.246 e. The molecule has 0 aromatic heterocycles. The van der Waals surface area contributed by atoms with Gasteiger partial charge in [-0.3, -0.25) is 9.69 Å². The van der Waals surface area contributed by atoms with Crippen molar-refractivity contribution >= 4 is 5.91 Å². The van der Waals surface area contributed by atoms with Crippen molar-refractivity contribution in [1.82, 2.24) is 10.2 Å². The largest absolute Gasteiger partial charge is 0.374 e. The highest BCUT2D eigenvalue weighted by molar-refractivity contribution is 5.77. The van der Waals surface area contributed by atoms with Gasteiger partial charge in [-0.2, -0.15) is 0 Å². The van der Waals surface area contributed by atoms with Crippen LogP contribution in [-0.4, -0.2) is 56.3 Å². The van der Waals surface area contributed by atoms with Crippen LogP contribution in [0.3, 0.4) is 0 Å². The summed E-state index contributed by atoms with van der Waals surface area (Å²) in [5.74, 6) is 0.510. The Labute approximate surface area is 174 Å². The molecule has 0 spiro atoms. The van der Waals surface area contributed by atoms with Crippen LogP contribution in [0.15, 0.2) is 60.7 Å². The molecule has 0 radical (unpaired) electrons. The lowest BCUT2D eigenvalue weighted by atomic mass is 10.0. The molecule has 1 unspecified atom stereocenters. The van der Waals surface area contributed by atoms with Gasteiger partial charge in [0.2, 0.25) is 5.91 Å². The molecule has 156 valence electrons. The Morgan fingerprint density at radius 1 is 1.10 bits per heavy atom. The van der Waals surface area contributed by atoms with E-state index in [9.17, 15) is 4.79 Å². The van der Waals surface area contributed by atoms with E-state index in [1.807, 2.05) is 60.7 Å². The number of nitrogens with one attached hydrogen (secondary N) is 1. The monoisotopic (exact) mass is 396 g/mol. The lowest BCUT2D eigenvalue weighted by Crippen LogP contribution is -2.48. The Kier molecular flexibility index (Phi) is 8.23. The molecule has 1 N–H and O–H groups in total. The quantitative estimate of drug-likeness (QED) is 0.707. The predicted octanol–water partition coefficient (Wildman–Crippen LogP) is 3.27. The Balaban J connectivity index is 1.50. The van der Waals surface area contributed by atoms with E-state index in [4.69, 9.17) is 9.47 Å². The number of carbonyl (C=O) groups excluding carboxylic acids is 1. The van der Waals surface area contributed by atoms with E-state index in [1.54, 1.807) is 0 Å². The molecule has 2 aromatic rings. The van der Waals surface area contributed by atoms with E-state index in [-0.39, 0.29) is 24.7 Å². The van der Waals surface area contributed by atoms with Crippen molar-refractivity contribution < 1.29 is 14.3 Å². The summed E-state index contributed by atoms with van der Waals surface area (Å²) in [5, 5.41) is 2.97. The molecule has 5 nitrogen and oxygen atoms in total. The maximum atomic E-state index is 12.4. The van der Waals surface area contributed by atoms with E-state index in [1.165, 1.54) is 0 Å². The fraction of sp³-hybridized carbons (Fsp3) is 0.458. The van der Waals surface area contributed by atoms with Gasteiger partial charge in [-0.25, -0.2) is 0 Å². The van der Waals surface area contributed by atoms with Crippen LogP contribution in [0, 0.1) is 5.92 Å². The van der Waals surface area contributed by atoms with Gasteiger partial charge in [0, 0.05) is 26.2 Å². The second-order valence-corrected chi connectivity index (χ2v) is 7.96. The molecule has 2 aromatic carbocycles. The van der Waals surface area contributed by atoms with Crippen LogP contribution >= 0.6 is 0 Å². The summed E-state index contributed by atoms with van der Waals surface area (Å²) in [5.41, 5.74) is 2.07. The average Bonchev–Trinajstić information content (AvgIpc) is 2.74. The molecular formula is C24H32N2O3. The first-order chi connectivity index (χ1) is 14.1. The maximum Gasteiger partial charge on any atom is 0.246 e. The lowest BCUT2D eigenvalue weighted by Gasteiger charge is -2.34. The first-order valence-corrected chi connectivity index (χ1v) is 10.4. The molecule has 1 atom stereocenters. The van der Waals surface area contributed by atoms with E-state index < -0.39 is 0 Å². The number of hydrogen-bond donors (Lipinski definition) is 1. The standard InChI is InChI=1S/C24H32N2O3/c1-19(2)16-26-13-14-28-22(17-26)15-25-23(27)18-29-24(20-9-5-3-6-10-20)21-11-7-4-8-12-21/h3-12,19,22,24H,13-18H2,1-2H3,(H,25,27). The highest BCUT2D eigenvalue weighted by atomic mass is 16.5. The van der Waals surface area contributed by atoms with Gasteiger partial charge in [-0.1, -0.05) is 74.5 Å². The van der Waals surface area contributed by atoms with Crippen molar-refractivity contribution in [3.05, 3.63) is 71.8 Å². The zero-order valence-corrected chi connectivity index (χ0v) is 17.4. The van der Waals surface area contributed by atoms with Crippen molar-refractivity contribution in [2.75, 3.05) is 39.4 Å². The van der Waals surface area contributed by atoms with Crippen molar-refractivity contribution in [2.24, 2.45) is 5.92 Å². The summed E-state index contributed by atoms with van der Waals surface area (Å²) in [6.07, 6.45) is -0.235. The van der Waals surface area contributed by atoms with Crippen molar-refractivity contribution in [3.63, 3.8) is 0 Å². The number of rotatable bonds is 9. The third-order valence-electron chi connectivity index (χ3n) is 4.96. The molecule has 0 aliphatic carbocycles. The molecule has 5 heteroatoms. The minimum atomic E-state index is -0.268. The van der Waals surface area contributed by atoms with E-state index in [0.29, 0.717) is 19.1 Å². The Morgan fingerprint density at radius 3 is 2.31 bits per heavy atom. The van der Waals surface area contributed by atoms with Crippen molar-refractivity contribution in [2.45, 2.75) is 26.1 Å². The van der Waals surface area contributed by atoms with Gasteiger partial charge < -0.3 is 14.8 Å². The highest BCUT2D eigenvalue weighted by Crippen LogP contribution is 2.25. The van der Waals surface area contributed by atoms with Gasteiger partial charge in [0.25, 0.3) is 0 Å². The fourth-order valence-corrected chi connectivity index (χ4v) is 3.66. The van der Waals surface area contributed by atoms with Crippen LogP contribution in [0.5, 0.6) is 0 Å². The van der Waals surface area contributed by atoms with E-state index >= 15 is 0 Å². The second kappa shape index (κ2) is 11.1. The second-order valence-electron chi connectivity index (χ2n) is 7.96.